The predicted octanol–water partition coefficient (Wildman–Crippen LogP) is -1.43. The van der Waals surface area contributed by atoms with Crippen LogP contribution in [0.25, 0.3) is 0 Å². The van der Waals surface area contributed by atoms with Crippen LogP contribution in [0.3, 0.4) is 0 Å². The van der Waals surface area contributed by atoms with Crippen molar-refractivity contribution >= 4 is 0 Å². The van der Waals surface area contributed by atoms with Gasteiger partial charge in [0, 0.05) is 0 Å². The molecule has 0 aromatic rings. The van der Waals surface area contributed by atoms with E-state index in [-0.39, 0.29) is 51.4 Å². The Morgan fingerprint density at radius 2 is 1.67 bits per heavy atom. The number of hydrogen-bond acceptors (Lipinski definition) is 0. The number of allylic oxidation sites excluding steroid dienone is 2. The molecule has 27 valence electrons. The van der Waals surface area contributed by atoms with Crippen molar-refractivity contribution < 1.29 is 51.4 Å². The third-order valence-electron chi connectivity index (χ3n) is 0.289. The predicted molar refractivity (Wildman–Crippen MR) is 24.7 cm³/mol. The molecule has 0 aliphatic rings. The van der Waals surface area contributed by atoms with Crippen LogP contribution >= 0.6 is 0 Å². The molecule has 0 heterocycles. The van der Waals surface area contributed by atoms with Gasteiger partial charge in [0.1, 0.15) is 0 Å². The Morgan fingerprint density at radius 3 is 1.67 bits per heavy atom. The first-order valence-corrected chi connectivity index (χ1v) is 1.40. The molecule has 0 nitrogen and oxygen atoms in total. The summed E-state index contributed by atoms with van der Waals surface area (Å²) < 4.78 is 0. The molecule has 0 bridgehead atoms. The maximum absolute atomic E-state index is 3.44. The van der Waals surface area contributed by atoms with Gasteiger partial charge in [-0.25, -0.2) is 0 Å². The van der Waals surface area contributed by atoms with Gasteiger partial charge in [-0.2, -0.15) is 0 Å². The SMILES string of the molecule is [CH2]C(=C)C=C.[K+]. The van der Waals surface area contributed by atoms with E-state index < -0.39 is 0 Å². The minimum absolute atomic E-state index is 0. The van der Waals surface area contributed by atoms with E-state index in [4.69, 9.17) is 0 Å². The van der Waals surface area contributed by atoms with Gasteiger partial charge in [0.2, 0.25) is 0 Å². The van der Waals surface area contributed by atoms with Gasteiger partial charge in [0.15, 0.2) is 0 Å². The smallest absolute Gasteiger partial charge is 0.0988 e. The topological polar surface area (TPSA) is 0 Å². The van der Waals surface area contributed by atoms with E-state index in [1.165, 1.54) is 0 Å². The Hall–Kier alpha value is 1.12. The van der Waals surface area contributed by atoms with Crippen LogP contribution in [-0.2, 0) is 0 Å². The van der Waals surface area contributed by atoms with Crippen molar-refractivity contribution in [2.75, 3.05) is 0 Å². The molecule has 0 saturated carbocycles. The van der Waals surface area contributed by atoms with Crippen LogP contribution in [0.1, 0.15) is 0 Å². The fourth-order valence-electron chi connectivity index (χ4n) is 0. The summed E-state index contributed by atoms with van der Waals surface area (Å²) in [4.78, 5) is 0. The van der Waals surface area contributed by atoms with Crippen molar-refractivity contribution in [2.24, 2.45) is 0 Å². The standard InChI is InChI=1S/C5H7.K/c1-4-5(2)3;/h4H,1-3H2;/q;+1. The van der Waals surface area contributed by atoms with Crippen LogP contribution in [0.4, 0.5) is 0 Å². The summed E-state index contributed by atoms with van der Waals surface area (Å²) in [5, 5.41) is 0. The third kappa shape index (κ3) is 8.93. The molecule has 0 aliphatic heterocycles. The van der Waals surface area contributed by atoms with E-state index in [0.29, 0.717) is 0 Å². The average molecular weight is 106 g/mol. The summed E-state index contributed by atoms with van der Waals surface area (Å²) in [6, 6.07) is 0. The summed E-state index contributed by atoms with van der Waals surface area (Å²) in [6.07, 6.45) is 1.61. The van der Waals surface area contributed by atoms with E-state index in [9.17, 15) is 0 Å². The first kappa shape index (κ1) is 10.2. The zero-order valence-electron chi connectivity index (χ0n) is 4.20. The van der Waals surface area contributed by atoms with Gasteiger partial charge in [0.05, 0.1) is 0 Å². The van der Waals surface area contributed by atoms with Gasteiger partial charge in [-0.05, 0) is 6.92 Å². The number of rotatable bonds is 1. The molecule has 0 spiro atoms. The summed E-state index contributed by atoms with van der Waals surface area (Å²) in [7, 11) is 0. The molecule has 0 amide bonds. The summed E-state index contributed by atoms with van der Waals surface area (Å²) >= 11 is 0. The zero-order valence-corrected chi connectivity index (χ0v) is 7.32. The Bertz CT molecular complexity index is 55.0. The van der Waals surface area contributed by atoms with E-state index in [0.717, 1.165) is 5.57 Å². The first-order valence-electron chi connectivity index (χ1n) is 1.40. The molecule has 0 aromatic carbocycles. The average Bonchev–Trinajstić information content (AvgIpc) is 1.38. The van der Waals surface area contributed by atoms with Gasteiger partial charge < -0.3 is 0 Å². The zero-order chi connectivity index (χ0) is 4.28. The molecular formula is C5H7K+. The molecule has 1 radical (unpaired) electrons. The molecule has 6 heavy (non-hydrogen) atoms. The van der Waals surface area contributed by atoms with Gasteiger partial charge in [0.25, 0.3) is 0 Å². The minimum atomic E-state index is 0. The van der Waals surface area contributed by atoms with Gasteiger partial charge >= 0.3 is 51.4 Å². The number of hydrogen-bond donors (Lipinski definition) is 0. The van der Waals surface area contributed by atoms with Crippen LogP contribution in [0.5, 0.6) is 0 Å². The van der Waals surface area contributed by atoms with Crippen molar-refractivity contribution in [1.29, 1.82) is 0 Å². The van der Waals surface area contributed by atoms with Crippen LogP contribution in [0, 0.1) is 6.92 Å². The second kappa shape index (κ2) is 6.12. The molecule has 0 aromatic heterocycles. The largest absolute Gasteiger partial charge is 1.00 e. The van der Waals surface area contributed by atoms with Crippen molar-refractivity contribution in [3.05, 3.63) is 31.7 Å². The van der Waals surface area contributed by atoms with E-state index in [2.05, 4.69) is 20.1 Å². The maximum atomic E-state index is 3.44. The Kier molecular flexibility index (Phi) is 10.4. The Labute approximate surface area is 81.7 Å². The van der Waals surface area contributed by atoms with Crippen LogP contribution < -0.4 is 51.4 Å². The Balaban J connectivity index is 0. The molecule has 0 aliphatic carbocycles. The van der Waals surface area contributed by atoms with E-state index in [1.807, 2.05) is 0 Å². The molecule has 0 saturated heterocycles. The minimum Gasteiger partial charge on any atom is -0.0988 e. The summed E-state index contributed by atoms with van der Waals surface area (Å²) in [5.74, 6) is 0. The van der Waals surface area contributed by atoms with E-state index in [1.54, 1.807) is 6.08 Å². The summed E-state index contributed by atoms with van der Waals surface area (Å²) in [6.45, 7) is 10.3. The molecule has 0 N–H and O–H groups in total. The fourth-order valence-corrected chi connectivity index (χ4v) is 0. The van der Waals surface area contributed by atoms with Crippen molar-refractivity contribution in [2.45, 2.75) is 0 Å². The van der Waals surface area contributed by atoms with Gasteiger partial charge in [-0.3, -0.25) is 0 Å². The van der Waals surface area contributed by atoms with Crippen molar-refractivity contribution in [3.63, 3.8) is 0 Å². The van der Waals surface area contributed by atoms with Gasteiger partial charge in [-0.15, -0.1) is 0 Å². The van der Waals surface area contributed by atoms with Gasteiger partial charge in [-0.1, -0.05) is 24.8 Å². The van der Waals surface area contributed by atoms with Crippen LogP contribution in [0.2, 0.25) is 0 Å². The molecule has 0 atom stereocenters. The Morgan fingerprint density at radius 1 is 1.50 bits per heavy atom. The van der Waals surface area contributed by atoms with Crippen LogP contribution in [-0.4, -0.2) is 0 Å². The molecule has 1 heteroatoms. The van der Waals surface area contributed by atoms with Crippen molar-refractivity contribution in [3.8, 4) is 0 Å². The second-order valence-corrected chi connectivity index (χ2v) is 0.862. The first-order chi connectivity index (χ1) is 2.27. The normalized spacial score (nSPS) is 5.50. The fraction of sp³-hybridized carbons (Fsp3) is 0. The third-order valence-corrected chi connectivity index (χ3v) is 0.289. The summed E-state index contributed by atoms with van der Waals surface area (Å²) in [5.41, 5.74) is 0.769. The molecular weight excluding hydrogens is 99.2 g/mol. The molecule has 0 unspecified atom stereocenters. The van der Waals surface area contributed by atoms with Crippen molar-refractivity contribution in [1.82, 2.24) is 0 Å². The monoisotopic (exact) mass is 106 g/mol. The molecule has 0 fully saturated rings. The molecule has 0 rings (SSSR count). The maximum Gasteiger partial charge on any atom is 1.00 e. The van der Waals surface area contributed by atoms with E-state index >= 15 is 0 Å². The quantitative estimate of drug-likeness (QED) is 0.284. The second-order valence-electron chi connectivity index (χ2n) is 0.862. The van der Waals surface area contributed by atoms with Crippen LogP contribution in [0.15, 0.2) is 24.8 Å².